The maximum atomic E-state index is 12.3. The zero-order chi connectivity index (χ0) is 22.3. The standard InChI is InChI=1S/C23H32N2O4S/c1-17-8-10-22(11-9-17)29-16-20(4)24-23(26)7-6-12-25(30(5,27)28)21-14-18(2)13-19(3)15-21/h8-11,13-15,20H,6-7,12,16H2,1-5H3,(H,24,26)/t20-/m1/s1. The van der Waals surface area contributed by atoms with Gasteiger partial charge in [0.1, 0.15) is 12.4 Å². The van der Waals surface area contributed by atoms with E-state index in [1.165, 1.54) is 10.6 Å². The lowest BCUT2D eigenvalue weighted by Crippen LogP contribution is -2.37. The van der Waals surface area contributed by atoms with Gasteiger partial charge in [-0.05, 0) is 69.5 Å². The monoisotopic (exact) mass is 432 g/mol. The van der Waals surface area contributed by atoms with Crippen LogP contribution in [0.25, 0.3) is 0 Å². The number of benzene rings is 2. The Bertz CT molecular complexity index is 935. The normalized spacial score (nSPS) is 12.3. The molecule has 1 amide bonds. The van der Waals surface area contributed by atoms with E-state index in [1.807, 2.05) is 70.2 Å². The number of carbonyl (C=O) groups is 1. The molecular weight excluding hydrogens is 400 g/mol. The molecule has 7 heteroatoms. The van der Waals surface area contributed by atoms with Crippen LogP contribution in [0.15, 0.2) is 42.5 Å². The number of hydrogen-bond donors (Lipinski definition) is 1. The summed E-state index contributed by atoms with van der Waals surface area (Å²) in [5, 5.41) is 2.90. The van der Waals surface area contributed by atoms with Crippen molar-refractivity contribution in [3.05, 3.63) is 59.2 Å². The Morgan fingerprint density at radius 1 is 1.03 bits per heavy atom. The summed E-state index contributed by atoms with van der Waals surface area (Å²) in [7, 11) is -3.43. The largest absolute Gasteiger partial charge is 0.491 e. The molecule has 6 nitrogen and oxygen atoms in total. The molecule has 0 aliphatic heterocycles. The van der Waals surface area contributed by atoms with E-state index in [4.69, 9.17) is 4.74 Å². The number of amides is 1. The predicted molar refractivity (Wildman–Crippen MR) is 122 cm³/mol. The molecule has 0 aromatic heterocycles. The van der Waals surface area contributed by atoms with Crippen LogP contribution in [0.4, 0.5) is 5.69 Å². The minimum absolute atomic E-state index is 0.121. The lowest BCUT2D eigenvalue weighted by atomic mass is 10.1. The predicted octanol–water partition coefficient (Wildman–Crippen LogP) is 3.74. The topological polar surface area (TPSA) is 75.7 Å². The highest BCUT2D eigenvalue weighted by molar-refractivity contribution is 7.92. The molecule has 164 valence electrons. The summed E-state index contributed by atoms with van der Waals surface area (Å²) >= 11 is 0. The van der Waals surface area contributed by atoms with Gasteiger partial charge in [-0.2, -0.15) is 0 Å². The van der Waals surface area contributed by atoms with Crippen molar-refractivity contribution in [1.82, 2.24) is 5.32 Å². The molecule has 0 spiro atoms. The van der Waals surface area contributed by atoms with Crippen LogP contribution in [-0.4, -0.2) is 39.8 Å². The molecule has 0 bridgehead atoms. The Morgan fingerprint density at radius 2 is 1.63 bits per heavy atom. The molecule has 2 aromatic carbocycles. The highest BCUT2D eigenvalue weighted by Crippen LogP contribution is 2.22. The number of anilines is 1. The number of carbonyl (C=O) groups excluding carboxylic acids is 1. The number of rotatable bonds is 10. The van der Waals surface area contributed by atoms with Crippen LogP contribution < -0.4 is 14.4 Å². The first-order valence-electron chi connectivity index (χ1n) is 10.1. The fraction of sp³-hybridized carbons (Fsp3) is 0.435. The third-order valence-electron chi connectivity index (χ3n) is 4.59. The molecule has 0 unspecified atom stereocenters. The summed E-state index contributed by atoms with van der Waals surface area (Å²) in [6, 6.07) is 13.3. The van der Waals surface area contributed by atoms with Crippen LogP contribution >= 0.6 is 0 Å². The van der Waals surface area contributed by atoms with E-state index in [0.717, 1.165) is 22.4 Å². The van der Waals surface area contributed by atoms with Gasteiger partial charge >= 0.3 is 0 Å². The molecule has 2 rings (SSSR count). The molecule has 1 atom stereocenters. The smallest absolute Gasteiger partial charge is 0.232 e. The average molecular weight is 433 g/mol. The number of nitrogens with one attached hydrogen (secondary N) is 1. The van der Waals surface area contributed by atoms with E-state index < -0.39 is 10.0 Å². The molecule has 0 saturated heterocycles. The second-order valence-electron chi connectivity index (χ2n) is 7.88. The Kier molecular flexibility index (Phi) is 8.29. The van der Waals surface area contributed by atoms with E-state index in [9.17, 15) is 13.2 Å². The number of hydrogen-bond acceptors (Lipinski definition) is 4. The highest BCUT2D eigenvalue weighted by atomic mass is 32.2. The molecule has 0 fully saturated rings. The molecule has 0 aliphatic carbocycles. The Balaban J connectivity index is 1.84. The van der Waals surface area contributed by atoms with E-state index in [-0.39, 0.29) is 24.9 Å². The van der Waals surface area contributed by atoms with Crippen molar-refractivity contribution in [2.45, 2.75) is 46.6 Å². The number of nitrogens with zero attached hydrogens (tertiary/aromatic N) is 1. The summed E-state index contributed by atoms with van der Waals surface area (Å²) in [4.78, 5) is 12.3. The molecule has 1 N–H and O–H groups in total. The van der Waals surface area contributed by atoms with E-state index in [2.05, 4.69) is 5.32 Å². The van der Waals surface area contributed by atoms with E-state index in [0.29, 0.717) is 18.7 Å². The van der Waals surface area contributed by atoms with Crippen LogP contribution in [0, 0.1) is 20.8 Å². The zero-order valence-electron chi connectivity index (χ0n) is 18.4. The summed E-state index contributed by atoms with van der Waals surface area (Å²) in [6.45, 7) is 8.38. The van der Waals surface area contributed by atoms with Gasteiger partial charge < -0.3 is 10.1 Å². The molecular formula is C23H32N2O4S. The van der Waals surface area contributed by atoms with E-state index in [1.54, 1.807) is 0 Å². The summed E-state index contributed by atoms with van der Waals surface area (Å²) in [5.41, 5.74) is 3.79. The highest BCUT2D eigenvalue weighted by Gasteiger charge is 2.18. The number of sulfonamides is 1. The fourth-order valence-electron chi connectivity index (χ4n) is 3.21. The Hall–Kier alpha value is -2.54. The van der Waals surface area contributed by atoms with Gasteiger partial charge in [0.15, 0.2) is 0 Å². The first-order chi connectivity index (χ1) is 14.0. The fourth-order valence-corrected chi connectivity index (χ4v) is 4.16. The van der Waals surface area contributed by atoms with Gasteiger partial charge in [0.25, 0.3) is 0 Å². The number of ether oxygens (including phenoxy) is 1. The van der Waals surface area contributed by atoms with Gasteiger partial charge in [0, 0.05) is 13.0 Å². The van der Waals surface area contributed by atoms with Crippen molar-refractivity contribution in [2.24, 2.45) is 0 Å². The second-order valence-corrected chi connectivity index (χ2v) is 9.78. The van der Waals surface area contributed by atoms with Gasteiger partial charge in [-0.25, -0.2) is 8.42 Å². The van der Waals surface area contributed by atoms with Crippen LogP contribution in [-0.2, 0) is 14.8 Å². The molecule has 30 heavy (non-hydrogen) atoms. The third-order valence-corrected chi connectivity index (χ3v) is 5.78. The summed E-state index contributed by atoms with van der Waals surface area (Å²) < 4.78 is 31.6. The minimum Gasteiger partial charge on any atom is -0.491 e. The Labute approximate surface area is 180 Å². The quantitative estimate of drug-likeness (QED) is 0.621. The first kappa shape index (κ1) is 23.7. The van der Waals surface area contributed by atoms with Gasteiger partial charge in [-0.1, -0.05) is 23.8 Å². The van der Waals surface area contributed by atoms with Crippen molar-refractivity contribution >= 4 is 21.6 Å². The summed E-state index contributed by atoms with van der Waals surface area (Å²) in [6.07, 6.45) is 1.86. The van der Waals surface area contributed by atoms with Crippen molar-refractivity contribution in [2.75, 3.05) is 23.7 Å². The maximum absolute atomic E-state index is 12.3. The SMILES string of the molecule is Cc1ccc(OC[C@@H](C)NC(=O)CCCN(c2cc(C)cc(C)c2)S(C)(=O)=O)cc1. The Morgan fingerprint density at radius 3 is 2.20 bits per heavy atom. The van der Waals surface area contributed by atoms with Gasteiger partial charge in [0.05, 0.1) is 18.0 Å². The van der Waals surface area contributed by atoms with Crippen LogP contribution in [0.5, 0.6) is 5.75 Å². The van der Waals surface area contributed by atoms with Crippen molar-refractivity contribution in [3.63, 3.8) is 0 Å². The maximum Gasteiger partial charge on any atom is 0.232 e. The van der Waals surface area contributed by atoms with E-state index >= 15 is 0 Å². The van der Waals surface area contributed by atoms with Crippen molar-refractivity contribution in [3.8, 4) is 5.75 Å². The van der Waals surface area contributed by atoms with Crippen LogP contribution in [0.3, 0.4) is 0 Å². The summed E-state index contributed by atoms with van der Waals surface area (Å²) in [5.74, 6) is 0.642. The molecule has 0 heterocycles. The van der Waals surface area contributed by atoms with Gasteiger partial charge in [-0.15, -0.1) is 0 Å². The lowest BCUT2D eigenvalue weighted by molar-refractivity contribution is -0.121. The lowest BCUT2D eigenvalue weighted by Gasteiger charge is -2.23. The zero-order valence-corrected chi connectivity index (χ0v) is 19.3. The first-order valence-corrected chi connectivity index (χ1v) is 11.9. The third kappa shape index (κ3) is 7.71. The molecule has 0 radical (unpaired) electrons. The van der Waals surface area contributed by atoms with Gasteiger partial charge in [-0.3, -0.25) is 9.10 Å². The van der Waals surface area contributed by atoms with Crippen molar-refractivity contribution < 1.29 is 17.9 Å². The van der Waals surface area contributed by atoms with Crippen LogP contribution in [0.1, 0.15) is 36.5 Å². The second kappa shape index (κ2) is 10.5. The molecule has 0 aliphatic rings. The number of aryl methyl sites for hydroxylation is 3. The van der Waals surface area contributed by atoms with Crippen molar-refractivity contribution in [1.29, 1.82) is 0 Å². The average Bonchev–Trinajstić information content (AvgIpc) is 2.63. The van der Waals surface area contributed by atoms with Gasteiger partial charge in [0.2, 0.25) is 15.9 Å². The molecule has 0 saturated carbocycles. The molecule has 2 aromatic rings. The van der Waals surface area contributed by atoms with Crippen LogP contribution in [0.2, 0.25) is 0 Å². The minimum atomic E-state index is -3.43.